The summed E-state index contributed by atoms with van der Waals surface area (Å²) in [5.41, 5.74) is 1.52. The van der Waals surface area contributed by atoms with Gasteiger partial charge in [0.15, 0.2) is 5.16 Å². The number of carbonyl (C=O) groups excluding carboxylic acids is 1. The van der Waals surface area contributed by atoms with Crippen molar-refractivity contribution >= 4 is 46.9 Å². The molecule has 1 N–H and O–H groups in total. The van der Waals surface area contributed by atoms with Gasteiger partial charge in [-0.25, -0.2) is 14.8 Å². The van der Waals surface area contributed by atoms with Crippen molar-refractivity contribution in [2.24, 2.45) is 5.92 Å². The van der Waals surface area contributed by atoms with Gasteiger partial charge in [0.1, 0.15) is 16.4 Å². The number of anilines is 1. The fraction of sp³-hybridized carbons (Fsp3) is 0.476. The maximum Gasteiger partial charge on any atom is 0.344 e. The Kier molecular flexibility index (Phi) is 8.51. The number of methoxy groups -OCH3 is 1. The highest BCUT2D eigenvalue weighted by atomic mass is 35.5. The molecule has 8 heteroatoms. The maximum atomic E-state index is 12.6. The second kappa shape index (κ2) is 11.1. The smallest absolute Gasteiger partial charge is 0.344 e. The number of hydrogen-bond donors (Lipinski definition) is 1. The summed E-state index contributed by atoms with van der Waals surface area (Å²) in [6, 6.07) is 7.68. The molecule has 0 radical (unpaired) electrons. The van der Waals surface area contributed by atoms with E-state index in [1.165, 1.54) is 62.7 Å². The zero-order chi connectivity index (χ0) is 20.6. The number of nitrogens with one attached hydrogen (secondary N) is 1. The van der Waals surface area contributed by atoms with Crippen molar-refractivity contribution < 1.29 is 9.53 Å². The fourth-order valence-corrected chi connectivity index (χ4v) is 4.92. The zero-order valence-electron chi connectivity index (χ0n) is 16.7. The SMILES string of the molecule is COC(=O)c1c(NCC2CCCCC2)nc(SC)nc1SCc1ccc(Cl)cc1. The lowest BCUT2D eigenvalue weighted by Gasteiger charge is -2.23. The molecule has 1 fully saturated rings. The molecule has 3 rings (SSSR count). The third-order valence-electron chi connectivity index (χ3n) is 5.00. The van der Waals surface area contributed by atoms with Gasteiger partial charge in [-0.1, -0.05) is 54.8 Å². The predicted octanol–water partition coefficient (Wildman–Crippen LogP) is 5.92. The highest BCUT2D eigenvalue weighted by Crippen LogP contribution is 2.32. The Hall–Kier alpha value is -1.44. The minimum atomic E-state index is -0.414. The van der Waals surface area contributed by atoms with E-state index in [-0.39, 0.29) is 0 Å². The molecule has 0 aliphatic heterocycles. The van der Waals surface area contributed by atoms with Crippen molar-refractivity contribution in [3.05, 3.63) is 40.4 Å². The van der Waals surface area contributed by atoms with Crippen LogP contribution in [0.15, 0.2) is 34.4 Å². The third-order valence-corrected chi connectivity index (χ3v) is 6.85. The topological polar surface area (TPSA) is 64.1 Å². The van der Waals surface area contributed by atoms with E-state index in [1.807, 2.05) is 30.5 Å². The molecule has 0 saturated heterocycles. The number of esters is 1. The van der Waals surface area contributed by atoms with Crippen LogP contribution < -0.4 is 5.32 Å². The number of carbonyl (C=O) groups is 1. The van der Waals surface area contributed by atoms with Crippen molar-refractivity contribution in [1.29, 1.82) is 0 Å². The third kappa shape index (κ3) is 6.27. The average Bonchev–Trinajstić information content (AvgIpc) is 2.77. The van der Waals surface area contributed by atoms with Gasteiger partial charge in [-0.2, -0.15) is 0 Å². The van der Waals surface area contributed by atoms with Gasteiger partial charge >= 0.3 is 5.97 Å². The lowest BCUT2D eigenvalue weighted by atomic mass is 9.89. The summed E-state index contributed by atoms with van der Waals surface area (Å²) in [7, 11) is 1.39. The van der Waals surface area contributed by atoms with Gasteiger partial charge in [0.2, 0.25) is 0 Å². The molecular weight excluding hydrogens is 426 g/mol. The molecule has 1 aliphatic rings. The Morgan fingerprint density at radius 1 is 1.21 bits per heavy atom. The standard InChI is InChI=1S/C21H26ClN3O2S2/c1-27-20(26)17-18(23-12-14-6-4-3-5-7-14)24-21(28-2)25-19(17)29-13-15-8-10-16(22)11-9-15/h8-11,14H,3-7,12-13H2,1-2H3,(H,23,24,25). The molecule has 1 heterocycles. The van der Waals surface area contributed by atoms with E-state index in [0.29, 0.717) is 38.3 Å². The van der Waals surface area contributed by atoms with Crippen LogP contribution >= 0.6 is 35.1 Å². The molecule has 0 spiro atoms. The van der Waals surface area contributed by atoms with Crippen molar-refractivity contribution in [2.45, 2.75) is 48.0 Å². The Bertz CT molecular complexity index is 827. The quantitative estimate of drug-likeness (QED) is 0.231. The molecule has 0 unspecified atom stereocenters. The Labute approximate surface area is 185 Å². The van der Waals surface area contributed by atoms with Crippen LogP contribution in [-0.4, -0.2) is 35.8 Å². The molecular formula is C21H26ClN3O2S2. The second-order valence-corrected chi connectivity index (χ2v) is 9.20. The molecule has 5 nitrogen and oxygen atoms in total. The van der Waals surface area contributed by atoms with Crippen molar-refractivity contribution in [3.8, 4) is 0 Å². The summed E-state index contributed by atoms with van der Waals surface area (Å²) in [4.78, 5) is 21.8. The monoisotopic (exact) mass is 451 g/mol. The van der Waals surface area contributed by atoms with Gasteiger partial charge in [-0.05, 0) is 42.7 Å². The van der Waals surface area contributed by atoms with Crippen LogP contribution in [0.3, 0.4) is 0 Å². The summed E-state index contributed by atoms with van der Waals surface area (Å²) >= 11 is 8.95. The largest absolute Gasteiger partial charge is 0.465 e. The summed E-state index contributed by atoms with van der Waals surface area (Å²) in [6.07, 6.45) is 8.25. The molecule has 1 aliphatic carbocycles. The normalized spacial score (nSPS) is 14.6. The van der Waals surface area contributed by atoms with Gasteiger partial charge < -0.3 is 10.1 Å². The summed E-state index contributed by atoms with van der Waals surface area (Å²) < 4.78 is 5.05. The number of ether oxygens (including phenoxy) is 1. The first-order valence-electron chi connectivity index (χ1n) is 9.76. The van der Waals surface area contributed by atoms with Crippen LogP contribution in [0.4, 0.5) is 5.82 Å². The first-order chi connectivity index (χ1) is 14.1. The Morgan fingerprint density at radius 2 is 1.93 bits per heavy atom. The number of nitrogens with zero attached hydrogens (tertiary/aromatic N) is 2. The van der Waals surface area contributed by atoms with Crippen molar-refractivity contribution in [1.82, 2.24) is 9.97 Å². The number of benzene rings is 1. The first-order valence-corrected chi connectivity index (χ1v) is 12.3. The first kappa shape index (κ1) is 22.2. The van der Waals surface area contributed by atoms with Crippen LogP contribution in [0, 0.1) is 5.92 Å². The van der Waals surface area contributed by atoms with Gasteiger partial charge in [0.25, 0.3) is 0 Å². The van der Waals surface area contributed by atoms with Crippen LogP contribution in [0.25, 0.3) is 0 Å². The number of rotatable bonds is 8. The molecule has 0 atom stereocenters. The molecule has 156 valence electrons. The van der Waals surface area contributed by atoms with Crippen molar-refractivity contribution in [3.63, 3.8) is 0 Å². The molecule has 0 amide bonds. The van der Waals surface area contributed by atoms with E-state index in [9.17, 15) is 4.79 Å². The second-order valence-electron chi connectivity index (χ2n) is 7.03. The van der Waals surface area contributed by atoms with Crippen LogP contribution in [0.5, 0.6) is 0 Å². The Balaban J connectivity index is 1.84. The number of hydrogen-bond acceptors (Lipinski definition) is 7. The number of thioether (sulfide) groups is 2. The zero-order valence-corrected chi connectivity index (χ0v) is 19.1. The molecule has 1 aromatic carbocycles. The summed E-state index contributed by atoms with van der Waals surface area (Å²) in [5, 5.41) is 5.40. The van der Waals surface area contributed by atoms with Gasteiger partial charge in [0.05, 0.1) is 7.11 Å². The minimum Gasteiger partial charge on any atom is -0.465 e. The summed E-state index contributed by atoms with van der Waals surface area (Å²) in [6.45, 7) is 0.816. The molecule has 29 heavy (non-hydrogen) atoms. The van der Waals surface area contributed by atoms with E-state index in [0.717, 1.165) is 12.1 Å². The molecule has 2 aromatic rings. The lowest BCUT2D eigenvalue weighted by Crippen LogP contribution is -2.20. The maximum absolute atomic E-state index is 12.6. The minimum absolute atomic E-state index is 0.414. The van der Waals surface area contributed by atoms with E-state index < -0.39 is 5.97 Å². The van der Waals surface area contributed by atoms with Crippen LogP contribution in [0.1, 0.15) is 48.0 Å². The molecule has 1 aromatic heterocycles. The van der Waals surface area contributed by atoms with Gasteiger partial charge in [0, 0.05) is 17.3 Å². The van der Waals surface area contributed by atoms with Crippen LogP contribution in [-0.2, 0) is 10.5 Å². The highest BCUT2D eigenvalue weighted by Gasteiger charge is 2.23. The average molecular weight is 452 g/mol. The summed E-state index contributed by atoms with van der Waals surface area (Å²) in [5.74, 6) is 1.45. The van der Waals surface area contributed by atoms with Crippen molar-refractivity contribution in [2.75, 3.05) is 25.2 Å². The predicted molar refractivity (Wildman–Crippen MR) is 121 cm³/mol. The fourth-order valence-electron chi connectivity index (χ4n) is 3.39. The number of halogens is 1. The van der Waals surface area contributed by atoms with E-state index in [1.54, 1.807) is 0 Å². The van der Waals surface area contributed by atoms with Gasteiger partial charge in [-0.3, -0.25) is 0 Å². The van der Waals surface area contributed by atoms with Gasteiger partial charge in [-0.15, -0.1) is 11.8 Å². The Morgan fingerprint density at radius 3 is 2.59 bits per heavy atom. The number of aromatic nitrogens is 2. The molecule has 1 saturated carbocycles. The van der Waals surface area contributed by atoms with Crippen LogP contribution in [0.2, 0.25) is 5.02 Å². The molecule has 0 bridgehead atoms. The van der Waals surface area contributed by atoms with E-state index in [2.05, 4.69) is 15.3 Å². The van der Waals surface area contributed by atoms with E-state index >= 15 is 0 Å². The van der Waals surface area contributed by atoms with E-state index in [4.69, 9.17) is 16.3 Å². The highest BCUT2D eigenvalue weighted by molar-refractivity contribution is 7.99. The lowest BCUT2D eigenvalue weighted by molar-refractivity contribution is 0.0596.